The molecule has 26 heavy (non-hydrogen) atoms. The molecule has 0 aromatic heterocycles. The van der Waals surface area contributed by atoms with Crippen molar-refractivity contribution in [1.82, 2.24) is 10.9 Å². The molecular weight excluding hydrogens is 346 g/mol. The first-order valence-corrected chi connectivity index (χ1v) is 9.91. The fraction of sp³-hybridized carbons (Fsp3) is 0.350. The van der Waals surface area contributed by atoms with E-state index in [1.54, 1.807) is 4.90 Å². The zero-order valence-electron chi connectivity index (χ0n) is 14.9. The predicted octanol–water partition coefficient (Wildman–Crippen LogP) is 2.99. The van der Waals surface area contributed by atoms with Crippen molar-refractivity contribution in [3.05, 3.63) is 54.1 Å². The van der Waals surface area contributed by atoms with E-state index in [4.69, 9.17) is 4.74 Å². The molecule has 2 N–H and O–H groups in total. The van der Waals surface area contributed by atoms with Crippen LogP contribution in [0.3, 0.4) is 0 Å². The number of amides is 1. The zero-order valence-corrected chi connectivity index (χ0v) is 15.8. The number of rotatable bonds is 4. The van der Waals surface area contributed by atoms with Crippen LogP contribution in [-0.4, -0.2) is 31.4 Å². The van der Waals surface area contributed by atoms with Crippen LogP contribution in [0.5, 0.6) is 5.75 Å². The Morgan fingerprint density at radius 3 is 2.81 bits per heavy atom. The average molecular weight is 369 g/mol. The van der Waals surface area contributed by atoms with Crippen LogP contribution in [0.2, 0.25) is 0 Å². The van der Waals surface area contributed by atoms with Crippen LogP contribution in [0.4, 0.5) is 5.69 Å². The molecule has 136 valence electrons. The Morgan fingerprint density at radius 2 is 1.96 bits per heavy atom. The summed E-state index contributed by atoms with van der Waals surface area (Å²) in [4.78, 5) is 16.2. The van der Waals surface area contributed by atoms with E-state index in [0.29, 0.717) is 6.61 Å². The fourth-order valence-electron chi connectivity index (χ4n) is 3.73. The molecule has 1 amide bonds. The van der Waals surface area contributed by atoms with Gasteiger partial charge in [-0.25, -0.2) is 10.9 Å². The molecular formula is C20H23N3O2S. The molecule has 0 saturated carbocycles. The SMILES string of the molecule is CCOc1ccccc1N(C)C(=O)C1NNC2c3ccccc3SCC12. The molecule has 1 saturated heterocycles. The fourth-order valence-corrected chi connectivity index (χ4v) is 5.02. The zero-order chi connectivity index (χ0) is 18.1. The first-order valence-electron chi connectivity index (χ1n) is 8.93. The van der Waals surface area contributed by atoms with Crippen molar-refractivity contribution in [3.63, 3.8) is 0 Å². The Kier molecular flexibility index (Phi) is 4.89. The summed E-state index contributed by atoms with van der Waals surface area (Å²) < 4.78 is 5.69. The lowest BCUT2D eigenvalue weighted by Crippen LogP contribution is -2.47. The molecule has 2 heterocycles. The van der Waals surface area contributed by atoms with E-state index in [2.05, 4.69) is 35.1 Å². The van der Waals surface area contributed by atoms with Gasteiger partial charge < -0.3 is 9.64 Å². The van der Waals surface area contributed by atoms with E-state index in [-0.39, 0.29) is 23.9 Å². The van der Waals surface area contributed by atoms with Gasteiger partial charge in [0, 0.05) is 23.6 Å². The number of ether oxygens (including phenoxy) is 1. The van der Waals surface area contributed by atoms with Gasteiger partial charge in [0.15, 0.2) is 0 Å². The van der Waals surface area contributed by atoms with Gasteiger partial charge in [-0.05, 0) is 30.7 Å². The summed E-state index contributed by atoms with van der Waals surface area (Å²) in [6, 6.07) is 16.0. The van der Waals surface area contributed by atoms with Crippen LogP contribution >= 0.6 is 11.8 Å². The molecule has 1 fully saturated rings. The second-order valence-electron chi connectivity index (χ2n) is 6.55. The second-order valence-corrected chi connectivity index (χ2v) is 7.62. The lowest BCUT2D eigenvalue weighted by atomic mass is 9.90. The standard InChI is InChI=1S/C20H23N3O2S/c1-3-25-16-10-6-5-9-15(16)23(2)20(24)19-14-12-26-17-11-7-4-8-13(17)18(14)21-22-19/h4-11,14,18-19,21-22H,3,12H2,1-2H3. The van der Waals surface area contributed by atoms with Gasteiger partial charge in [0.25, 0.3) is 0 Å². The summed E-state index contributed by atoms with van der Waals surface area (Å²) in [5, 5.41) is 0. The highest BCUT2D eigenvalue weighted by molar-refractivity contribution is 7.99. The molecule has 2 aliphatic rings. The minimum absolute atomic E-state index is 0.0529. The Morgan fingerprint density at radius 1 is 1.19 bits per heavy atom. The third-order valence-electron chi connectivity index (χ3n) is 5.06. The van der Waals surface area contributed by atoms with Gasteiger partial charge in [-0.15, -0.1) is 11.8 Å². The van der Waals surface area contributed by atoms with Crippen molar-refractivity contribution < 1.29 is 9.53 Å². The van der Waals surface area contributed by atoms with E-state index >= 15 is 0 Å². The van der Waals surface area contributed by atoms with Crippen LogP contribution in [0, 0.1) is 5.92 Å². The summed E-state index contributed by atoms with van der Waals surface area (Å²) >= 11 is 1.83. The summed E-state index contributed by atoms with van der Waals surface area (Å²) in [6.07, 6.45) is 0. The van der Waals surface area contributed by atoms with Crippen molar-refractivity contribution in [2.24, 2.45) is 5.92 Å². The maximum absolute atomic E-state index is 13.2. The topological polar surface area (TPSA) is 53.6 Å². The average Bonchev–Trinajstić information content (AvgIpc) is 3.12. The highest BCUT2D eigenvalue weighted by Crippen LogP contribution is 2.43. The van der Waals surface area contributed by atoms with Gasteiger partial charge in [0.2, 0.25) is 5.91 Å². The number of hydrazine groups is 1. The maximum atomic E-state index is 13.2. The number of fused-ring (bicyclic) bond motifs is 3. The number of carbonyl (C=O) groups is 1. The molecule has 3 unspecified atom stereocenters. The van der Waals surface area contributed by atoms with Gasteiger partial charge in [-0.3, -0.25) is 4.79 Å². The molecule has 3 atom stereocenters. The van der Waals surface area contributed by atoms with Crippen molar-refractivity contribution >= 4 is 23.4 Å². The minimum atomic E-state index is -0.263. The Balaban J connectivity index is 1.57. The molecule has 4 rings (SSSR count). The normalized spacial score (nSPS) is 23.8. The van der Waals surface area contributed by atoms with Crippen LogP contribution in [0.15, 0.2) is 53.4 Å². The number of nitrogens with one attached hydrogen (secondary N) is 2. The van der Waals surface area contributed by atoms with Crippen molar-refractivity contribution in [1.29, 1.82) is 0 Å². The Labute approximate surface area is 158 Å². The monoisotopic (exact) mass is 369 g/mol. The molecule has 0 aliphatic carbocycles. The van der Waals surface area contributed by atoms with Gasteiger partial charge in [-0.1, -0.05) is 30.3 Å². The molecule has 2 aliphatic heterocycles. The highest BCUT2D eigenvalue weighted by atomic mass is 32.2. The summed E-state index contributed by atoms with van der Waals surface area (Å²) in [7, 11) is 1.82. The molecule has 2 aromatic rings. The number of hydrogen-bond donors (Lipinski definition) is 2. The lowest BCUT2D eigenvalue weighted by molar-refractivity contribution is -0.120. The highest BCUT2D eigenvalue weighted by Gasteiger charge is 2.44. The molecule has 6 heteroatoms. The number of nitrogens with zero attached hydrogens (tertiary/aromatic N) is 1. The Bertz CT molecular complexity index is 813. The van der Waals surface area contributed by atoms with E-state index in [0.717, 1.165) is 17.2 Å². The number of likely N-dealkylation sites (N-methyl/N-ethyl adjacent to an activating group) is 1. The van der Waals surface area contributed by atoms with E-state index in [1.165, 1.54) is 10.5 Å². The summed E-state index contributed by atoms with van der Waals surface area (Å²) in [6.45, 7) is 2.52. The summed E-state index contributed by atoms with van der Waals surface area (Å²) in [5.41, 5.74) is 8.67. The van der Waals surface area contributed by atoms with Crippen molar-refractivity contribution in [3.8, 4) is 5.75 Å². The first kappa shape index (κ1) is 17.4. The number of benzene rings is 2. The van der Waals surface area contributed by atoms with E-state index in [1.807, 2.05) is 50.0 Å². The van der Waals surface area contributed by atoms with Crippen LogP contribution in [0.1, 0.15) is 18.5 Å². The van der Waals surface area contributed by atoms with Crippen LogP contribution in [0.25, 0.3) is 0 Å². The third kappa shape index (κ3) is 2.98. The largest absolute Gasteiger partial charge is 0.492 e. The molecule has 0 bridgehead atoms. The number of hydrogen-bond acceptors (Lipinski definition) is 5. The lowest BCUT2D eigenvalue weighted by Gasteiger charge is -2.30. The number of para-hydroxylation sites is 2. The first-order chi connectivity index (χ1) is 12.7. The molecule has 2 aromatic carbocycles. The van der Waals surface area contributed by atoms with Gasteiger partial charge >= 0.3 is 0 Å². The number of anilines is 1. The maximum Gasteiger partial charge on any atom is 0.245 e. The van der Waals surface area contributed by atoms with E-state index < -0.39 is 0 Å². The van der Waals surface area contributed by atoms with Gasteiger partial charge in [0.05, 0.1) is 18.3 Å². The van der Waals surface area contributed by atoms with Gasteiger partial charge in [-0.2, -0.15) is 0 Å². The van der Waals surface area contributed by atoms with Crippen LogP contribution in [-0.2, 0) is 4.79 Å². The van der Waals surface area contributed by atoms with Crippen LogP contribution < -0.4 is 20.5 Å². The number of thioether (sulfide) groups is 1. The molecule has 0 radical (unpaired) electrons. The quantitative estimate of drug-likeness (QED) is 0.868. The van der Waals surface area contributed by atoms with Crippen molar-refractivity contribution in [2.45, 2.75) is 23.9 Å². The molecule has 0 spiro atoms. The minimum Gasteiger partial charge on any atom is -0.492 e. The Hall–Kier alpha value is -2.02. The van der Waals surface area contributed by atoms with Gasteiger partial charge in [0.1, 0.15) is 11.8 Å². The third-order valence-corrected chi connectivity index (χ3v) is 6.29. The summed E-state index contributed by atoms with van der Waals surface area (Å²) in [5.74, 6) is 1.91. The molecule has 5 nitrogen and oxygen atoms in total. The second kappa shape index (κ2) is 7.31. The van der Waals surface area contributed by atoms with E-state index in [9.17, 15) is 4.79 Å². The number of carbonyl (C=O) groups excluding carboxylic acids is 1. The predicted molar refractivity (Wildman–Crippen MR) is 104 cm³/mol. The van der Waals surface area contributed by atoms with Crippen molar-refractivity contribution in [2.75, 3.05) is 24.3 Å². The smallest absolute Gasteiger partial charge is 0.245 e.